The topological polar surface area (TPSA) is 131 Å². The van der Waals surface area contributed by atoms with Gasteiger partial charge in [-0.1, -0.05) is 0 Å². The lowest BCUT2D eigenvalue weighted by molar-refractivity contribution is 0.1000. The Morgan fingerprint density at radius 1 is 1.14 bits per heavy atom. The van der Waals surface area contributed by atoms with E-state index in [0.29, 0.717) is 17.7 Å². The van der Waals surface area contributed by atoms with Crippen molar-refractivity contribution in [3.63, 3.8) is 0 Å². The number of hydrogen-bond acceptors (Lipinski definition) is 6. The van der Waals surface area contributed by atoms with E-state index in [1.165, 1.54) is 23.0 Å². The minimum Gasteiger partial charge on any atom is -0.366 e. The summed E-state index contributed by atoms with van der Waals surface area (Å²) in [5, 5.41) is 10.6. The van der Waals surface area contributed by atoms with E-state index in [1.807, 2.05) is 0 Å². The third kappa shape index (κ3) is 5.23. The summed E-state index contributed by atoms with van der Waals surface area (Å²) in [6.07, 6.45) is 4.17. The van der Waals surface area contributed by atoms with Crippen molar-refractivity contribution in [3.05, 3.63) is 70.9 Å². The van der Waals surface area contributed by atoms with Crippen LogP contribution in [0, 0.1) is 24.4 Å². The summed E-state index contributed by atoms with van der Waals surface area (Å²) in [5.41, 5.74) is 6.33. The zero-order chi connectivity index (χ0) is 25.1. The van der Waals surface area contributed by atoms with E-state index in [2.05, 4.69) is 25.7 Å². The van der Waals surface area contributed by atoms with Crippen molar-refractivity contribution in [1.29, 1.82) is 0 Å². The maximum atomic E-state index is 14.3. The number of primary amides is 1. The molecule has 4 N–H and O–H groups in total. The number of amides is 3. The van der Waals surface area contributed by atoms with Gasteiger partial charge in [0, 0.05) is 43.7 Å². The molecule has 13 heteroatoms. The van der Waals surface area contributed by atoms with Crippen LogP contribution in [0.1, 0.15) is 34.1 Å². The fraction of sp³-hybridized carbons (Fsp3) is 0.227. The van der Waals surface area contributed by atoms with Gasteiger partial charge in [-0.2, -0.15) is 10.1 Å². The van der Waals surface area contributed by atoms with Crippen LogP contribution in [0.2, 0.25) is 0 Å². The SMILES string of the molecule is Cc1cc(C(N)=O)cn1-c1nc(NCCNC(=O)N2N=CC[C@H]2c2cc(F)cc(F)c2)ncc1F. The standard InChI is InChI=1S/C22H21F3N8O2/c1-12-6-14(19(26)34)11-32(12)20-17(25)10-29-21(31-20)27-4-5-28-22(35)33-18(2-3-30-33)13-7-15(23)9-16(24)8-13/h3,6-11,18H,2,4-5H2,1H3,(H2,26,34)(H,28,35)(H,27,29,31)/t18-/m0/s1. The lowest BCUT2D eigenvalue weighted by Crippen LogP contribution is -2.39. The maximum Gasteiger partial charge on any atom is 0.338 e. The lowest BCUT2D eigenvalue weighted by atomic mass is 10.0. The van der Waals surface area contributed by atoms with Gasteiger partial charge in [0.05, 0.1) is 17.8 Å². The molecule has 0 saturated heterocycles. The molecule has 35 heavy (non-hydrogen) atoms. The zero-order valence-corrected chi connectivity index (χ0v) is 18.5. The van der Waals surface area contributed by atoms with Gasteiger partial charge in [0.2, 0.25) is 11.9 Å². The number of nitrogens with two attached hydrogens (primary N) is 1. The Bertz CT molecular complexity index is 1290. The summed E-state index contributed by atoms with van der Waals surface area (Å²) in [6.45, 7) is 1.98. The molecule has 1 aromatic carbocycles. The molecule has 2 aromatic heterocycles. The molecule has 3 amide bonds. The number of urea groups is 1. The lowest BCUT2D eigenvalue weighted by Gasteiger charge is -2.22. The van der Waals surface area contributed by atoms with Crippen molar-refractivity contribution in [3.8, 4) is 5.82 Å². The number of carbonyl (C=O) groups excluding carboxylic acids is 2. The maximum absolute atomic E-state index is 14.3. The van der Waals surface area contributed by atoms with Gasteiger partial charge in [-0.15, -0.1) is 0 Å². The van der Waals surface area contributed by atoms with E-state index < -0.39 is 35.4 Å². The van der Waals surface area contributed by atoms with Gasteiger partial charge < -0.3 is 20.9 Å². The van der Waals surface area contributed by atoms with Gasteiger partial charge in [-0.3, -0.25) is 4.79 Å². The van der Waals surface area contributed by atoms with Crippen LogP contribution < -0.4 is 16.4 Å². The molecule has 0 fully saturated rings. The Labute approximate surface area is 197 Å². The van der Waals surface area contributed by atoms with Crippen molar-refractivity contribution in [1.82, 2.24) is 24.9 Å². The molecule has 0 saturated carbocycles. The highest BCUT2D eigenvalue weighted by molar-refractivity contribution is 5.93. The summed E-state index contributed by atoms with van der Waals surface area (Å²) < 4.78 is 42.9. The van der Waals surface area contributed by atoms with Gasteiger partial charge in [-0.25, -0.2) is 28.0 Å². The highest BCUT2D eigenvalue weighted by Crippen LogP contribution is 2.29. The quantitative estimate of drug-likeness (QED) is 0.442. The number of nitrogens with one attached hydrogen (secondary N) is 2. The van der Waals surface area contributed by atoms with Gasteiger partial charge in [0.15, 0.2) is 11.6 Å². The Kier molecular flexibility index (Phi) is 6.66. The molecule has 3 aromatic rings. The first-order valence-electron chi connectivity index (χ1n) is 10.5. The predicted molar refractivity (Wildman–Crippen MR) is 121 cm³/mol. The number of halogens is 3. The number of hydrazone groups is 1. The number of nitrogens with zero attached hydrogens (tertiary/aromatic N) is 5. The fourth-order valence-electron chi connectivity index (χ4n) is 3.63. The van der Waals surface area contributed by atoms with E-state index in [0.717, 1.165) is 29.4 Å². The first kappa shape index (κ1) is 23.7. The molecular weight excluding hydrogens is 465 g/mol. The van der Waals surface area contributed by atoms with Crippen LogP contribution in [0.25, 0.3) is 5.82 Å². The number of hydrogen-bond donors (Lipinski definition) is 3. The van der Waals surface area contributed by atoms with Crippen molar-refractivity contribution in [2.24, 2.45) is 10.8 Å². The molecule has 4 rings (SSSR count). The number of aromatic nitrogens is 3. The van der Waals surface area contributed by atoms with Crippen LogP contribution in [0.3, 0.4) is 0 Å². The average molecular weight is 486 g/mol. The summed E-state index contributed by atoms with van der Waals surface area (Å²) in [5.74, 6) is -2.82. The van der Waals surface area contributed by atoms with Crippen LogP contribution in [-0.4, -0.2) is 50.8 Å². The van der Waals surface area contributed by atoms with Crippen LogP contribution in [0.4, 0.5) is 23.9 Å². The molecule has 0 spiro atoms. The molecular formula is C22H21F3N8O2. The van der Waals surface area contributed by atoms with E-state index in [1.54, 1.807) is 6.92 Å². The van der Waals surface area contributed by atoms with Gasteiger partial charge in [-0.05, 0) is 30.7 Å². The number of rotatable bonds is 7. The van der Waals surface area contributed by atoms with Crippen LogP contribution >= 0.6 is 0 Å². The normalized spacial score (nSPS) is 14.9. The van der Waals surface area contributed by atoms with Gasteiger partial charge in [0.1, 0.15) is 11.6 Å². The van der Waals surface area contributed by atoms with Crippen molar-refractivity contribution < 1.29 is 22.8 Å². The minimum absolute atomic E-state index is 0.0758. The molecule has 0 aliphatic carbocycles. The average Bonchev–Trinajstić information content (AvgIpc) is 3.44. The van der Waals surface area contributed by atoms with E-state index in [-0.39, 0.29) is 30.4 Å². The second-order valence-corrected chi connectivity index (χ2v) is 7.73. The molecule has 0 radical (unpaired) electrons. The number of aryl methyl sites for hydroxylation is 1. The molecule has 1 aliphatic heterocycles. The first-order valence-corrected chi connectivity index (χ1v) is 10.5. The summed E-state index contributed by atoms with van der Waals surface area (Å²) in [7, 11) is 0. The number of benzene rings is 1. The Morgan fingerprint density at radius 2 is 1.89 bits per heavy atom. The first-order chi connectivity index (χ1) is 16.7. The van der Waals surface area contributed by atoms with Gasteiger partial charge >= 0.3 is 6.03 Å². The summed E-state index contributed by atoms with van der Waals surface area (Å²) in [6, 6.07) is 3.40. The Hall–Kier alpha value is -4.42. The van der Waals surface area contributed by atoms with Crippen LogP contribution in [-0.2, 0) is 0 Å². The smallest absolute Gasteiger partial charge is 0.338 e. The van der Waals surface area contributed by atoms with E-state index in [9.17, 15) is 22.8 Å². The molecule has 182 valence electrons. The van der Waals surface area contributed by atoms with Gasteiger partial charge in [0.25, 0.3) is 0 Å². The molecule has 1 atom stereocenters. The summed E-state index contributed by atoms with van der Waals surface area (Å²) in [4.78, 5) is 32.0. The molecule has 0 bridgehead atoms. The van der Waals surface area contributed by atoms with Crippen LogP contribution in [0.5, 0.6) is 0 Å². The monoisotopic (exact) mass is 486 g/mol. The minimum atomic E-state index is -0.740. The van der Waals surface area contributed by atoms with E-state index in [4.69, 9.17) is 5.73 Å². The van der Waals surface area contributed by atoms with Crippen molar-refractivity contribution >= 4 is 24.1 Å². The fourth-order valence-corrected chi connectivity index (χ4v) is 3.63. The highest BCUT2D eigenvalue weighted by Gasteiger charge is 2.28. The summed E-state index contributed by atoms with van der Waals surface area (Å²) >= 11 is 0. The van der Waals surface area contributed by atoms with Crippen LogP contribution in [0.15, 0.2) is 41.8 Å². The third-order valence-electron chi connectivity index (χ3n) is 5.24. The zero-order valence-electron chi connectivity index (χ0n) is 18.5. The Balaban J connectivity index is 1.36. The second-order valence-electron chi connectivity index (χ2n) is 7.73. The predicted octanol–water partition coefficient (Wildman–Crippen LogP) is 2.65. The molecule has 1 aliphatic rings. The molecule has 0 unspecified atom stereocenters. The van der Waals surface area contributed by atoms with E-state index >= 15 is 0 Å². The Morgan fingerprint density at radius 3 is 2.57 bits per heavy atom. The molecule has 10 nitrogen and oxygen atoms in total. The second kappa shape index (κ2) is 9.83. The third-order valence-corrected chi connectivity index (χ3v) is 5.24. The highest BCUT2D eigenvalue weighted by atomic mass is 19.1. The number of anilines is 1. The molecule has 3 heterocycles. The van der Waals surface area contributed by atoms with Crippen molar-refractivity contribution in [2.75, 3.05) is 18.4 Å². The number of carbonyl (C=O) groups is 2. The largest absolute Gasteiger partial charge is 0.366 e. The van der Waals surface area contributed by atoms with Crippen molar-refractivity contribution in [2.45, 2.75) is 19.4 Å².